The van der Waals surface area contributed by atoms with Crippen molar-refractivity contribution in [3.63, 3.8) is 0 Å². The van der Waals surface area contributed by atoms with Crippen molar-refractivity contribution in [2.45, 2.75) is 406 Å². The van der Waals surface area contributed by atoms with Crippen LogP contribution < -0.4 is 0 Å². The summed E-state index contributed by atoms with van der Waals surface area (Å²) in [7, 11) is 0. The van der Waals surface area contributed by atoms with E-state index < -0.39 is 6.10 Å². The number of hydrogen-bond acceptors (Lipinski definition) is 6. The first kappa shape index (κ1) is 77.6. The number of carbonyl (C=O) groups is 3. The van der Waals surface area contributed by atoms with Crippen molar-refractivity contribution in [2.75, 3.05) is 13.2 Å². The van der Waals surface area contributed by atoms with Crippen molar-refractivity contribution in [3.8, 4) is 0 Å². The van der Waals surface area contributed by atoms with Crippen LogP contribution in [0, 0.1) is 0 Å². The molecule has 0 saturated carbocycles. The van der Waals surface area contributed by atoms with E-state index in [1.165, 1.54) is 289 Å². The van der Waals surface area contributed by atoms with Gasteiger partial charge in [0.05, 0.1) is 0 Å². The lowest BCUT2D eigenvalue weighted by atomic mass is 10.0. The Labute approximate surface area is 499 Å². The summed E-state index contributed by atoms with van der Waals surface area (Å²) in [5.41, 5.74) is 0. The molecule has 0 saturated heterocycles. The maximum Gasteiger partial charge on any atom is 0.306 e. The molecule has 0 amide bonds. The van der Waals surface area contributed by atoms with Crippen molar-refractivity contribution in [1.82, 2.24) is 0 Å². The zero-order valence-electron chi connectivity index (χ0n) is 54.1. The Bertz CT molecular complexity index is 1340. The van der Waals surface area contributed by atoms with Crippen LogP contribution in [-0.4, -0.2) is 37.2 Å². The number of rotatable bonds is 67. The van der Waals surface area contributed by atoms with E-state index in [1.807, 2.05) is 0 Å². The third-order valence-electron chi connectivity index (χ3n) is 16.4. The van der Waals surface area contributed by atoms with E-state index in [0.29, 0.717) is 19.3 Å². The Morgan fingerprint density at radius 1 is 0.250 bits per heavy atom. The molecule has 0 aromatic heterocycles. The average molecular weight is 1120 g/mol. The van der Waals surface area contributed by atoms with Crippen LogP contribution in [0.4, 0.5) is 0 Å². The fourth-order valence-electron chi connectivity index (χ4n) is 11.0. The van der Waals surface area contributed by atoms with Gasteiger partial charge < -0.3 is 14.2 Å². The summed E-state index contributed by atoms with van der Waals surface area (Å²) < 4.78 is 17.0. The molecule has 0 N–H and O–H groups in total. The molecule has 0 bridgehead atoms. The molecule has 0 aromatic carbocycles. The highest BCUT2D eigenvalue weighted by molar-refractivity contribution is 5.71. The predicted octanol–water partition coefficient (Wildman–Crippen LogP) is 24.7. The highest BCUT2D eigenvalue weighted by atomic mass is 16.6. The summed E-state index contributed by atoms with van der Waals surface area (Å²) in [6, 6.07) is 0. The summed E-state index contributed by atoms with van der Waals surface area (Å²) >= 11 is 0. The third kappa shape index (κ3) is 66.4. The van der Waals surface area contributed by atoms with Crippen molar-refractivity contribution in [2.24, 2.45) is 0 Å². The zero-order valence-corrected chi connectivity index (χ0v) is 54.1. The molecule has 1 unspecified atom stereocenters. The molecule has 0 heterocycles. The summed E-state index contributed by atoms with van der Waals surface area (Å²) in [6.07, 6.45) is 86.1. The summed E-state index contributed by atoms with van der Waals surface area (Å²) in [6.45, 7) is 6.71. The minimum atomic E-state index is -0.767. The molecular weight excluding hydrogens is 985 g/mol. The predicted molar refractivity (Wildman–Crippen MR) is 349 cm³/mol. The van der Waals surface area contributed by atoms with Gasteiger partial charge in [0, 0.05) is 19.3 Å². The Balaban J connectivity index is 4.16. The summed E-state index contributed by atoms with van der Waals surface area (Å²) in [5.74, 6) is -0.832. The molecule has 6 nitrogen and oxygen atoms in total. The van der Waals surface area contributed by atoms with Gasteiger partial charge in [0.15, 0.2) is 6.10 Å². The number of carbonyl (C=O) groups excluding carboxylic acids is 3. The van der Waals surface area contributed by atoms with Gasteiger partial charge in [-0.1, -0.05) is 359 Å². The van der Waals surface area contributed by atoms with E-state index in [2.05, 4.69) is 57.2 Å². The van der Waals surface area contributed by atoms with Crippen LogP contribution in [0.2, 0.25) is 0 Å². The third-order valence-corrected chi connectivity index (χ3v) is 16.4. The number of esters is 3. The molecule has 0 aromatic rings. The van der Waals surface area contributed by atoms with Crippen molar-refractivity contribution in [1.29, 1.82) is 0 Å². The topological polar surface area (TPSA) is 78.9 Å². The molecule has 0 spiro atoms. The number of hydrogen-bond donors (Lipinski definition) is 0. The molecule has 0 fully saturated rings. The van der Waals surface area contributed by atoms with Crippen LogP contribution in [0.1, 0.15) is 400 Å². The van der Waals surface area contributed by atoms with Gasteiger partial charge >= 0.3 is 17.9 Å². The molecule has 0 aliphatic carbocycles. The lowest BCUT2D eigenvalue weighted by Crippen LogP contribution is -2.30. The van der Waals surface area contributed by atoms with Crippen molar-refractivity contribution >= 4 is 17.9 Å². The Hall–Kier alpha value is -2.37. The first-order valence-electron chi connectivity index (χ1n) is 36.0. The van der Waals surface area contributed by atoms with Gasteiger partial charge in [0.25, 0.3) is 0 Å². The second-order valence-corrected chi connectivity index (χ2v) is 24.5. The van der Waals surface area contributed by atoms with Crippen LogP contribution in [0.25, 0.3) is 0 Å². The monoisotopic (exact) mass is 1120 g/mol. The molecule has 0 radical (unpaired) electrons. The maximum absolute atomic E-state index is 12.9. The molecular formula is C74H138O6. The highest BCUT2D eigenvalue weighted by Crippen LogP contribution is 2.19. The van der Waals surface area contributed by atoms with Crippen molar-refractivity contribution in [3.05, 3.63) is 36.5 Å². The molecule has 0 aliphatic rings. The van der Waals surface area contributed by atoms with E-state index in [-0.39, 0.29) is 31.1 Å². The van der Waals surface area contributed by atoms with E-state index in [0.717, 1.165) is 70.6 Å². The first-order chi connectivity index (χ1) is 39.5. The van der Waals surface area contributed by atoms with E-state index in [9.17, 15) is 14.4 Å². The standard InChI is InChI=1S/C74H138O6/c1-4-7-10-13-16-19-22-25-28-30-31-32-33-34-35-36-37-38-39-40-41-42-43-45-46-49-52-55-58-61-64-67-73(76)79-70-71(69-78-72(75)66-63-60-57-54-51-48-27-24-21-18-15-12-9-6-3)80-74(77)68-65-62-59-56-53-50-47-44-29-26-23-20-17-14-11-8-5-2/h22,25,30-31,33-34,71H,4-21,23-24,26-29,32,35-70H2,1-3H3/b25-22-,31-30-,34-33-. The minimum absolute atomic E-state index is 0.0644. The number of allylic oxidation sites excluding steroid dienone is 6. The molecule has 0 aliphatic heterocycles. The van der Waals surface area contributed by atoms with E-state index >= 15 is 0 Å². The Morgan fingerprint density at radius 3 is 0.700 bits per heavy atom. The smallest absolute Gasteiger partial charge is 0.306 e. The SMILES string of the molecule is CCCCCCC/C=C\C/C=C\C/C=C\CCCCCCCCCCCCCCCCCCC(=O)OCC(COC(=O)CCCCCCCCCCCCCCCC)OC(=O)CCCCCCCCCCCCCCCCCCC. The molecule has 1 atom stereocenters. The van der Waals surface area contributed by atoms with Crippen LogP contribution >= 0.6 is 0 Å². The van der Waals surface area contributed by atoms with Gasteiger partial charge in [-0.2, -0.15) is 0 Å². The normalized spacial score (nSPS) is 12.2. The fourth-order valence-corrected chi connectivity index (χ4v) is 11.0. The number of unbranched alkanes of at least 4 members (excludes halogenated alkanes) is 50. The van der Waals surface area contributed by atoms with Gasteiger partial charge in [-0.15, -0.1) is 0 Å². The van der Waals surface area contributed by atoms with E-state index in [1.54, 1.807) is 0 Å². The van der Waals surface area contributed by atoms with Crippen LogP contribution in [-0.2, 0) is 28.6 Å². The largest absolute Gasteiger partial charge is 0.462 e. The summed E-state index contributed by atoms with van der Waals surface area (Å²) in [4.78, 5) is 38.4. The molecule has 6 heteroatoms. The highest BCUT2D eigenvalue weighted by Gasteiger charge is 2.19. The quantitative estimate of drug-likeness (QED) is 0.0261. The van der Waals surface area contributed by atoms with Gasteiger partial charge in [-0.3, -0.25) is 14.4 Å². The van der Waals surface area contributed by atoms with E-state index in [4.69, 9.17) is 14.2 Å². The fraction of sp³-hybridized carbons (Fsp3) is 0.878. The minimum Gasteiger partial charge on any atom is -0.462 e. The molecule has 80 heavy (non-hydrogen) atoms. The molecule has 470 valence electrons. The lowest BCUT2D eigenvalue weighted by molar-refractivity contribution is -0.167. The van der Waals surface area contributed by atoms with Gasteiger partial charge in [-0.05, 0) is 57.8 Å². The lowest BCUT2D eigenvalue weighted by Gasteiger charge is -2.18. The first-order valence-corrected chi connectivity index (χ1v) is 36.0. The Kier molecular flexibility index (Phi) is 67.1. The number of ether oxygens (including phenoxy) is 3. The van der Waals surface area contributed by atoms with Gasteiger partial charge in [0.1, 0.15) is 13.2 Å². The summed E-state index contributed by atoms with van der Waals surface area (Å²) in [5, 5.41) is 0. The Morgan fingerprint density at radius 2 is 0.450 bits per heavy atom. The second kappa shape index (κ2) is 69.1. The van der Waals surface area contributed by atoms with Crippen LogP contribution in [0.5, 0.6) is 0 Å². The maximum atomic E-state index is 12.9. The van der Waals surface area contributed by atoms with Gasteiger partial charge in [0.2, 0.25) is 0 Å². The van der Waals surface area contributed by atoms with Gasteiger partial charge in [-0.25, -0.2) is 0 Å². The average Bonchev–Trinajstić information content (AvgIpc) is 3.46. The zero-order chi connectivity index (χ0) is 57.8. The second-order valence-electron chi connectivity index (χ2n) is 24.5. The van der Waals surface area contributed by atoms with Crippen molar-refractivity contribution < 1.29 is 28.6 Å². The van der Waals surface area contributed by atoms with Crippen LogP contribution in [0.15, 0.2) is 36.5 Å². The molecule has 0 rings (SSSR count). The van der Waals surface area contributed by atoms with Crippen LogP contribution in [0.3, 0.4) is 0 Å².